The van der Waals surface area contributed by atoms with E-state index in [0.717, 1.165) is 5.56 Å². The van der Waals surface area contributed by atoms with Crippen molar-refractivity contribution >= 4 is 12.3 Å². The van der Waals surface area contributed by atoms with Crippen LogP contribution in [0.1, 0.15) is 31.8 Å². The van der Waals surface area contributed by atoms with E-state index >= 15 is 0 Å². The third kappa shape index (κ3) is 3.52. The predicted molar refractivity (Wildman–Crippen MR) is 85.2 cm³/mol. The van der Waals surface area contributed by atoms with E-state index in [4.69, 9.17) is 19.5 Å². The summed E-state index contributed by atoms with van der Waals surface area (Å²) in [7, 11) is 2.81. The Hall–Kier alpha value is -3.33. The molecule has 24 heavy (non-hydrogen) atoms. The van der Waals surface area contributed by atoms with Gasteiger partial charge in [-0.25, -0.2) is 4.79 Å². The van der Waals surface area contributed by atoms with Gasteiger partial charge in [-0.15, -0.1) is 0 Å². The third-order valence-electron chi connectivity index (χ3n) is 3.36. The van der Waals surface area contributed by atoms with Crippen molar-refractivity contribution in [2.75, 3.05) is 14.2 Å². The van der Waals surface area contributed by atoms with Crippen molar-refractivity contribution in [2.24, 2.45) is 0 Å². The van der Waals surface area contributed by atoms with Crippen LogP contribution in [0.15, 0.2) is 36.4 Å². The molecule has 0 bridgehead atoms. The number of rotatable bonds is 6. The van der Waals surface area contributed by atoms with Crippen molar-refractivity contribution in [2.45, 2.75) is 6.61 Å². The van der Waals surface area contributed by atoms with E-state index in [1.54, 1.807) is 30.3 Å². The van der Waals surface area contributed by atoms with Gasteiger partial charge in [-0.1, -0.05) is 12.1 Å². The Labute approximate surface area is 139 Å². The highest BCUT2D eigenvalue weighted by atomic mass is 16.5. The van der Waals surface area contributed by atoms with Crippen LogP contribution in [-0.4, -0.2) is 26.5 Å². The molecule has 0 aliphatic carbocycles. The highest BCUT2D eigenvalue weighted by Gasteiger charge is 2.22. The smallest absolute Gasteiger partial charge is 0.343 e. The Kier molecular flexibility index (Phi) is 5.53. The summed E-state index contributed by atoms with van der Waals surface area (Å²) < 4.78 is 15.6. The van der Waals surface area contributed by atoms with Crippen molar-refractivity contribution in [1.82, 2.24) is 0 Å². The van der Waals surface area contributed by atoms with Crippen molar-refractivity contribution in [1.29, 1.82) is 5.26 Å². The van der Waals surface area contributed by atoms with Crippen LogP contribution in [-0.2, 0) is 11.3 Å². The minimum atomic E-state index is -0.697. The molecule has 0 fully saturated rings. The molecule has 0 N–H and O–H groups in total. The van der Waals surface area contributed by atoms with Crippen LogP contribution in [0.3, 0.4) is 0 Å². The first-order valence-corrected chi connectivity index (χ1v) is 7.01. The summed E-state index contributed by atoms with van der Waals surface area (Å²) in [5.41, 5.74) is 1.40. The first kappa shape index (κ1) is 17.0. The van der Waals surface area contributed by atoms with Crippen molar-refractivity contribution < 1.29 is 23.8 Å². The van der Waals surface area contributed by atoms with Gasteiger partial charge in [0.25, 0.3) is 0 Å². The first-order valence-electron chi connectivity index (χ1n) is 7.01. The van der Waals surface area contributed by atoms with Crippen LogP contribution in [0.2, 0.25) is 0 Å². The van der Waals surface area contributed by atoms with Gasteiger partial charge in [-0.2, -0.15) is 5.26 Å². The molecule has 0 radical (unpaired) electrons. The summed E-state index contributed by atoms with van der Waals surface area (Å²) in [5.74, 6) is -0.224. The number of nitriles is 1. The van der Waals surface area contributed by atoms with Gasteiger partial charge in [0.2, 0.25) is 0 Å². The van der Waals surface area contributed by atoms with E-state index in [9.17, 15) is 9.59 Å². The Morgan fingerprint density at radius 2 is 1.83 bits per heavy atom. The van der Waals surface area contributed by atoms with Crippen LogP contribution < -0.4 is 9.47 Å². The van der Waals surface area contributed by atoms with E-state index in [2.05, 4.69) is 0 Å². The number of hydrogen-bond acceptors (Lipinski definition) is 6. The van der Waals surface area contributed by atoms with Gasteiger partial charge < -0.3 is 14.2 Å². The highest BCUT2D eigenvalue weighted by Crippen LogP contribution is 2.33. The van der Waals surface area contributed by atoms with E-state index in [1.165, 1.54) is 20.3 Å². The van der Waals surface area contributed by atoms with E-state index in [0.29, 0.717) is 17.6 Å². The summed E-state index contributed by atoms with van der Waals surface area (Å²) in [4.78, 5) is 23.6. The van der Waals surface area contributed by atoms with Gasteiger partial charge in [0, 0.05) is 5.56 Å². The summed E-state index contributed by atoms with van der Waals surface area (Å²) in [6.45, 7) is 0.00318. The SMILES string of the molecule is COc1ccc(C=O)c(C(=O)OCc2ccc(C#N)cc2)c1OC. The standard InChI is InChI=1S/C18H15NO5/c1-22-15-8-7-14(10-20)16(17(15)23-2)18(21)24-11-13-5-3-12(9-19)4-6-13/h3-8,10H,11H2,1-2H3. The quantitative estimate of drug-likeness (QED) is 0.599. The van der Waals surface area contributed by atoms with Crippen LogP contribution in [0.25, 0.3) is 0 Å². The number of nitrogens with zero attached hydrogens (tertiary/aromatic N) is 1. The minimum Gasteiger partial charge on any atom is -0.493 e. The maximum atomic E-state index is 12.4. The summed E-state index contributed by atoms with van der Waals surface area (Å²) in [5, 5.41) is 8.77. The van der Waals surface area contributed by atoms with E-state index < -0.39 is 5.97 Å². The second-order valence-electron chi connectivity index (χ2n) is 4.77. The van der Waals surface area contributed by atoms with Gasteiger partial charge in [0.1, 0.15) is 12.2 Å². The normalized spacial score (nSPS) is 9.71. The molecule has 0 heterocycles. The molecule has 2 aromatic rings. The Balaban J connectivity index is 2.25. The second-order valence-corrected chi connectivity index (χ2v) is 4.77. The molecule has 0 amide bonds. The fourth-order valence-corrected chi connectivity index (χ4v) is 2.15. The molecule has 2 aromatic carbocycles. The molecule has 122 valence electrons. The molecule has 6 nitrogen and oxygen atoms in total. The second kappa shape index (κ2) is 7.79. The minimum absolute atomic E-state index is 0.00318. The zero-order valence-corrected chi connectivity index (χ0v) is 13.2. The van der Waals surface area contributed by atoms with Crippen LogP contribution in [0.5, 0.6) is 11.5 Å². The molecule has 0 spiro atoms. The molecule has 0 aromatic heterocycles. The monoisotopic (exact) mass is 325 g/mol. The van der Waals surface area contributed by atoms with Crippen LogP contribution in [0.4, 0.5) is 0 Å². The van der Waals surface area contributed by atoms with Crippen molar-refractivity contribution in [3.8, 4) is 17.6 Å². The molecule has 0 aliphatic rings. The molecule has 0 unspecified atom stereocenters. The Morgan fingerprint density at radius 3 is 2.38 bits per heavy atom. The van der Waals surface area contributed by atoms with Gasteiger partial charge in [-0.3, -0.25) is 4.79 Å². The fraction of sp³-hybridized carbons (Fsp3) is 0.167. The first-order chi connectivity index (χ1) is 11.6. The average Bonchev–Trinajstić information content (AvgIpc) is 2.64. The Morgan fingerprint density at radius 1 is 1.12 bits per heavy atom. The molecule has 0 aliphatic heterocycles. The van der Waals surface area contributed by atoms with E-state index in [-0.39, 0.29) is 23.5 Å². The van der Waals surface area contributed by atoms with Gasteiger partial charge in [-0.05, 0) is 29.8 Å². The third-order valence-corrected chi connectivity index (χ3v) is 3.36. The predicted octanol–water partition coefficient (Wildman–Crippen LogP) is 2.74. The van der Waals surface area contributed by atoms with Crippen molar-refractivity contribution in [3.05, 3.63) is 58.7 Å². The fourth-order valence-electron chi connectivity index (χ4n) is 2.15. The molecular formula is C18H15NO5. The molecule has 0 saturated carbocycles. The molecule has 0 atom stereocenters. The van der Waals surface area contributed by atoms with Crippen LogP contribution >= 0.6 is 0 Å². The molecule has 6 heteroatoms. The summed E-state index contributed by atoms with van der Waals surface area (Å²) in [6.07, 6.45) is 0.556. The molecule has 0 saturated heterocycles. The number of hydrogen-bond donors (Lipinski definition) is 0. The Bertz CT molecular complexity index is 790. The maximum Gasteiger partial charge on any atom is 0.343 e. The van der Waals surface area contributed by atoms with Crippen LogP contribution in [0, 0.1) is 11.3 Å². The summed E-state index contributed by atoms with van der Waals surface area (Å²) >= 11 is 0. The topological polar surface area (TPSA) is 85.6 Å². The number of esters is 1. The van der Waals surface area contributed by atoms with Crippen molar-refractivity contribution in [3.63, 3.8) is 0 Å². The average molecular weight is 325 g/mol. The number of aldehydes is 1. The maximum absolute atomic E-state index is 12.4. The van der Waals surface area contributed by atoms with Gasteiger partial charge >= 0.3 is 5.97 Å². The zero-order valence-electron chi connectivity index (χ0n) is 13.2. The zero-order chi connectivity index (χ0) is 17.5. The van der Waals surface area contributed by atoms with Gasteiger partial charge in [0.05, 0.1) is 25.9 Å². The lowest BCUT2D eigenvalue weighted by atomic mass is 10.1. The van der Waals surface area contributed by atoms with E-state index in [1.807, 2.05) is 6.07 Å². The lowest BCUT2D eigenvalue weighted by Crippen LogP contribution is -2.11. The summed E-state index contributed by atoms with van der Waals surface area (Å²) in [6, 6.07) is 11.7. The number of benzene rings is 2. The largest absolute Gasteiger partial charge is 0.493 e. The lowest BCUT2D eigenvalue weighted by molar-refractivity contribution is 0.0466. The molecular weight excluding hydrogens is 310 g/mol. The van der Waals surface area contributed by atoms with Gasteiger partial charge in [0.15, 0.2) is 17.8 Å². The number of ether oxygens (including phenoxy) is 3. The number of carbonyl (C=O) groups excluding carboxylic acids is 2. The highest BCUT2D eigenvalue weighted by molar-refractivity contribution is 6.01. The lowest BCUT2D eigenvalue weighted by Gasteiger charge is -2.14. The number of carbonyl (C=O) groups is 2. The molecule has 2 rings (SSSR count). The number of methoxy groups -OCH3 is 2.